The minimum Gasteiger partial charge on any atom is -0.339 e. The quantitative estimate of drug-likeness (QED) is 0.614. The highest BCUT2D eigenvalue weighted by Gasteiger charge is 2.28. The van der Waals surface area contributed by atoms with Gasteiger partial charge in [0, 0.05) is 37.3 Å². The molecule has 150 valence electrons. The Bertz CT molecular complexity index is 1070. The summed E-state index contributed by atoms with van der Waals surface area (Å²) in [7, 11) is -3.48. The molecular formula is C20H21N5O3S. The Labute approximate surface area is 169 Å². The van der Waals surface area contributed by atoms with Gasteiger partial charge in [-0.05, 0) is 30.4 Å². The molecule has 9 heteroatoms. The Morgan fingerprint density at radius 3 is 2.86 bits per heavy atom. The van der Waals surface area contributed by atoms with Crippen molar-refractivity contribution in [2.24, 2.45) is 5.92 Å². The van der Waals surface area contributed by atoms with E-state index in [0.717, 1.165) is 18.4 Å². The van der Waals surface area contributed by atoms with Gasteiger partial charge in [0.05, 0.1) is 6.20 Å². The molecule has 0 bridgehead atoms. The maximum Gasteiger partial charge on any atom is 0.236 e. The zero-order valence-electron chi connectivity index (χ0n) is 15.8. The van der Waals surface area contributed by atoms with Gasteiger partial charge in [-0.15, -0.1) is 0 Å². The Hall–Kier alpha value is -2.91. The predicted molar refractivity (Wildman–Crippen MR) is 108 cm³/mol. The minimum absolute atomic E-state index is 0.124. The second-order valence-electron chi connectivity index (χ2n) is 6.93. The van der Waals surface area contributed by atoms with Crippen molar-refractivity contribution in [3.8, 4) is 11.5 Å². The molecule has 0 radical (unpaired) electrons. The molecule has 0 spiro atoms. The third-order valence-corrected chi connectivity index (χ3v) is 6.33. The number of benzene rings is 1. The van der Waals surface area contributed by atoms with E-state index in [2.05, 4.69) is 20.1 Å². The molecule has 1 aromatic carbocycles. The highest BCUT2D eigenvalue weighted by molar-refractivity contribution is 7.92. The van der Waals surface area contributed by atoms with Crippen LogP contribution in [0.4, 0.5) is 0 Å². The summed E-state index contributed by atoms with van der Waals surface area (Å²) in [4.78, 5) is 12.5. The molecule has 1 aliphatic rings. The van der Waals surface area contributed by atoms with Crippen LogP contribution < -0.4 is 0 Å². The molecule has 3 aromatic rings. The molecule has 1 unspecified atom stereocenters. The summed E-state index contributed by atoms with van der Waals surface area (Å²) in [5, 5.41) is 5.23. The van der Waals surface area contributed by atoms with Crippen LogP contribution >= 0.6 is 0 Å². The van der Waals surface area contributed by atoms with Crippen LogP contribution in [-0.4, -0.2) is 45.9 Å². The zero-order valence-corrected chi connectivity index (χ0v) is 16.6. The monoisotopic (exact) mass is 411 g/mol. The largest absolute Gasteiger partial charge is 0.339 e. The first-order valence-corrected chi connectivity index (χ1v) is 10.9. The molecule has 3 heterocycles. The summed E-state index contributed by atoms with van der Waals surface area (Å²) in [5.41, 5.74) is 1.40. The van der Waals surface area contributed by atoms with E-state index in [9.17, 15) is 8.42 Å². The number of hydrogen-bond acceptors (Lipinski definition) is 7. The van der Waals surface area contributed by atoms with Crippen molar-refractivity contribution in [1.82, 2.24) is 24.4 Å². The van der Waals surface area contributed by atoms with E-state index in [-0.39, 0.29) is 5.92 Å². The number of hydrogen-bond donors (Lipinski definition) is 0. The van der Waals surface area contributed by atoms with Gasteiger partial charge in [-0.2, -0.15) is 9.29 Å². The van der Waals surface area contributed by atoms with Gasteiger partial charge in [-0.25, -0.2) is 13.4 Å². The second kappa shape index (κ2) is 8.62. The Kier molecular flexibility index (Phi) is 5.77. The Morgan fingerprint density at radius 1 is 1.21 bits per heavy atom. The van der Waals surface area contributed by atoms with Crippen molar-refractivity contribution in [2.75, 3.05) is 13.1 Å². The molecule has 8 nitrogen and oxygen atoms in total. The fourth-order valence-corrected chi connectivity index (χ4v) is 4.65. The number of nitrogens with zero attached hydrogens (tertiary/aromatic N) is 5. The van der Waals surface area contributed by atoms with Crippen molar-refractivity contribution in [3.05, 3.63) is 65.8 Å². The number of sulfonamides is 1. The first-order chi connectivity index (χ1) is 14.1. The van der Waals surface area contributed by atoms with Crippen molar-refractivity contribution in [1.29, 1.82) is 0 Å². The molecule has 0 amide bonds. The molecular weight excluding hydrogens is 390 g/mol. The summed E-state index contributed by atoms with van der Waals surface area (Å²) in [6, 6.07) is 9.39. The van der Waals surface area contributed by atoms with Crippen LogP contribution in [0.1, 0.15) is 24.3 Å². The van der Waals surface area contributed by atoms with Crippen LogP contribution in [0, 0.1) is 5.92 Å². The fourth-order valence-electron chi connectivity index (χ4n) is 3.34. The maximum atomic E-state index is 12.7. The SMILES string of the molecule is O=S(=O)(C=Cc1ccccc1)N1CCCC(Cc2nc(-c3cnccn3)no2)C1. The number of piperidine rings is 1. The standard InChI is InChI=1S/C20H21N5O3S/c26-29(27,12-8-16-5-2-1-3-6-16)25-11-4-7-17(15-25)13-19-23-20(24-28-19)18-14-21-9-10-22-18/h1-3,5-6,8-10,12,14,17H,4,7,11,13,15H2. The zero-order chi connectivity index (χ0) is 20.1. The second-order valence-corrected chi connectivity index (χ2v) is 8.75. The predicted octanol–water partition coefficient (Wildman–Crippen LogP) is 2.78. The van der Waals surface area contributed by atoms with Crippen LogP contribution in [0.15, 0.2) is 58.9 Å². The van der Waals surface area contributed by atoms with E-state index in [1.54, 1.807) is 24.7 Å². The summed E-state index contributed by atoms with van der Waals surface area (Å²) in [6.45, 7) is 0.955. The van der Waals surface area contributed by atoms with E-state index in [1.807, 2.05) is 30.3 Å². The van der Waals surface area contributed by atoms with Gasteiger partial charge in [-0.1, -0.05) is 35.5 Å². The van der Waals surface area contributed by atoms with E-state index in [1.165, 1.54) is 9.71 Å². The summed E-state index contributed by atoms with van der Waals surface area (Å²) in [6.07, 6.45) is 8.59. The normalized spacial score (nSPS) is 18.3. The van der Waals surface area contributed by atoms with E-state index in [0.29, 0.717) is 36.9 Å². The minimum atomic E-state index is -3.48. The summed E-state index contributed by atoms with van der Waals surface area (Å²) >= 11 is 0. The third-order valence-electron chi connectivity index (χ3n) is 4.80. The first-order valence-electron chi connectivity index (χ1n) is 9.42. The molecule has 29 heavy (non-hydrogen) atoms. The maximum absolute atomic E-state index is 12.7. The molecule has 0 N–H and O–H groups in total. The number of rotatable bonds is 6. The van der Waals surface area contributed by atoms with E-state index in [4.69, 9.17) is 4.52 Å². The lowest BCUT2D eigenvalue weighted by atomic mass is 9.96. The van der Waals surface area contributed by atoms with Gasteiger partial charge >= 0.3 is 0 Å². The van der Waals surface area contributed by atoms with E-state index < -0.39 is 10.0 Å². The van der Waals surface area contributed by atoms with Crippen LogP contribution in [-0.2, 0) is 16.4 Å². The van der Waals surface area contributed by atoms with Crippen LogP contribution in [0.25, 0.3) is 17.6 Å². The van der Waals surface area contributed by atoms with Crippen molar-refractivity contribution in [3.63, 3.8) is 0 Å². The van der Waals surface area contributed by atoms with Gasteiger partial charge < -0.3 is 4.52 Å². The van der Waals surface area contributed by atoms with Gasteiger partial charge in [0.2, 0.25) is 21.7 Å². The smallest absolute Gasteiger partial charge is 0.236 e. The average Bonchev–Trinajstić information content (AvgIpc) is 3.22. The molecule has 0 aliphatic carbocycles. The molecule has 1 aliphatic heterocycles. The first kappa shape index (κ1) is 19.4. The lowest BCUT2D eigenvalue weighted by Gasteiger charge is -2.30. The Balaban J connectivity index is 1.41. The van der Waals surface area contributed by atoms with Gasteiger partial charge in [0.25, 0.3) is 0 Å². The molecule has 1 fully saturated rings. The van der Waals surface area contributed by atoms with Gasteiger partial charge in [-0.3, -0.25) is 4.98 Å². The van der Waals surface area contributed by atoms with E-state index >= 15 is 0 Å². The molecule has 0 saturated carbocycles. The molecule has 2 aromatic heterocycles. The fraction of sp³-hybridized carbons (Fsp3) is 0.300. The van der Waals surface area contributed by atoms with Crippen molar-refractivity contribution < 1.29 is 12.9 Å². The topological polar surface area (TPSA) is 102 Å². The molecule has 1 atom stereocenters. The van der Waals surface area contributed by atoms with Gasteiger partial charge in [0.1, 0.15) is 5.69 Å². The van der Waals surface area contributed by atoms with Crippen molar-refractivity contribution in [2.45, 2.75) is 19.3 Å². The van der Waals surface area contributed by atoms with Gasteiger partial charge in [0.15, 0.2) is 0 Å². The average molecular weight is 411 g/mol. The number of aromatic nitrogens is 4. The van der Waals surface area contributed by atoms with Crippen LogP contribution in [0.3, 0.4) is 0 Å². The molecule has 4 rings (SSSR count). The van der Waals surface area contributed by atoms with Crippen LogP contribution in [0.2, 0.25) is 0 Å². The van der Waals surface area contributed by atoms with Crippen molar-refractivity contribution >= 4 is 16.1 Å². The molecule has 1 saturated heterocycles. The highest BCUT2D eigenvalue weighted by Crippen LogP contribution is 2.24. The Morgan fingerprint density at radius 2 is 2.07 bits per heavy atom. The van der Waals surface area contributed by atoms with Crippen LogP contribution in [0.5, 0.6) is 0 Å². The highest BCUT2D eigenvalue weighted by atomic mass is 32.2. The summed E-state index contributed by atoms with van der Waals surface area (Å²) < 4.78 is 32.3. The summed E-state index contributed by atoms with van der Waals surface area (Å²) in [5.74, 6) is 0.993. The lowest BCUT2D eigenvalue weighted by molar-refractivity contribution is 0.248. The third kappa shape index (κ3) is 4.93. The lowest BCUT2D eigenvalue weighted by Crippen LogP contribution is -2.39.